The quantitative estimate of drug-likeness (QED) is 0.377. The van der Waals surface area contributed by atoms with Gasteiger partial charge in [-0.1, -0.05) is 89.8 Å². The summed E-state index contributed by atoms with van der Waals surface area (Å²) >= 11 is 3.51. The SMILES string of the molecule is O=C(Cc1cccc(Br)c1)N(Cc1ccccc1)c1ccc(C2CCCCC2)cc1. The van der Waals surface area contributed by atoms with Crippen molar-refractivity contribution >= 4 is 27.5 Å². The van der Waals surface area contributed by atoms with E-state index in [2.05, 4.69) is 52.3 Å². The van der Waals surface area contributed by atoms with Gasteiger partial charge in [-0.25, -0.2) is 0 Å². The van der Waals surface area contributed by atoms with Crippen molar-refractivity contribution in [1.29, 1.82) is 0 Å². The van der Waals surface area contributed by atoms with Crippen LogP contribution in [0, 0.1) is 0 Å². The molecule has 0 aromatic heterocycles. The van der Waals surface area contributed by atoms with Gasteiger partial charge in [-0.05, 0) is 59.7 Å². The molecule has 0 aliphatic heterocycles. The second kappa shape index (κ2) is 10.1. The van der Waals surface area contributed by atoms with Crippen LogP contribution in [0.25, 0.3) is 0 Å². The van der Waals surface area contributed by atoms with Crippen molar-refractivity contribution in [2.45, 2.75) is 51.0 Å². The number of carbonyl (C=O) groups is 1. The van der Waals surface area contributed by atoms with E-state index in [1.165, 1.54) is 37.7 Å². The van der Waals surface area contributed by atoms with Crippen molar-refractivity contribution < 1.29 is 4.79 Å². The van der Waals surface area contributed by atoms with Crippen molar-refractivity contribution in [3.8, 4) is 0 Å². The standard InChI is InChI=1S/C27H28BrNO/c28-25-13-7-10-22(18-25)19-27(30)29(20-21-8-3-1-4-9-21)26-16-14-24(15-17-26)23-11-5-2-6-12-23/h1,3-4,7-10,13-18,23H,2,5-6,11-12,19-20H2. The molecule has 0 heterocycles. The van der Waals surface area contributed by atoms with E-state index in [0.29, 0.717) is 18.9 Å². The molecule has 1 aliphatic carbocycles. The highest BCUT2D eigenvalue weighted by Gasteiger charge is 2.19. The number of rotatable bonds is 6. The molecule has 30 heavy (non-hydrogen) atoms. The summed E-state index contributed by atoms with van der Waals surface area (Å²) in [5.41, 5.74) is 4.54. The zero-order valence-electron chi connectivity index (χ0n) is 17.3. The van der Waals surface area contributed by atoms with Gasteiger partial charge in [0, 0.05) is 10.2 Å². The lowest BCUT2D eigenvalue weighted by atomic mass is 9.84. The molecule has 1 amide bonds. The molecule has 0 N–H and O–H groups in total. The van der Waals surface area contributed by atoms with Crippen molar-refractivity contribution in [2.24, 2.45) is 0 Å². The van der Waals surface area contributed by atoms with Crippen molar-refractivity contribution in [3.05, 3.63) is 100 Å². The number of hydrogen-bond acceptors (Lipinski definition) is 1. The summed E-state index contributed by atoms with van der Waals surface area (Å²) in [6, 6.07) is 26.9. The second-order valence-electron chi connectivity index (χ2n) is 8.20. The molecule has 3 heteroatoms. The first-order valence-corrected chi connectivity index (χ1v) is 11.7. The average Bonchev–Trinajstić information content (AvgIpc) is 2.79. The summed E-state index contributed by atoms with van der Waals surface area (Å²) in [6.45, 7) is 0.580. The zero-order valence-corrected chi connectivity index (χ0v) is 18.9. The minimum absolute atomic E-state index is 0.113. The van der Waals surface area contributed by atoms with Crippen LogP contribution in [0.15, 0.2) is 83.3 Å². The number of amides is 1. The average molecular weight is 462 g/mol. The Labute approximate surface area is 188 Å². The topological polar surface area (TPSA) is 20.3 Å². The van der Waals surface area contributed by atoms with Gasteiger partial charge in [0.15, 0.2) is 0 Å². The predicted octanol–water partition coefficient (Wildman–Crippen LogP) is 7.27. The molecular formula is C27H28BrNO. The Balaban J connectivity index is 1.57. The Morgan fingerprint density at radius 2 is 1.53 bits per heavy atom. The van der Waals surface area contributed by atoms with E-state index in [4.69, 9.17) is 0 Å². The number of halogens is 1. The molecule has 2 nitrogen and oxygen atoms in total. The van der Waals surface area contributed by atoms with Gasteiger partial charge in [-0.2, -0.15) is 0 Å². The third-order valence-corrected chi connectivity index (χ3v) is 6.50. The predicted molar refractivity (Wildman–Crippen MR) is 128 cm³/mol. The Kier molecular flexibility index (Phi) is 7.01. The molecular weight excluding hydrogens is 434 g/mol. The first-order valence-electron chi connectivity index (χ1n) is 10.9. The van der Waals surface area contributed by atoms with Crippen molar-refractivity contribution in [3.63, 3.8) is 0 Å². The molecule has 0 saturated heterocycles. The van der Waals surface area contributed by atoms with Crippen LogP contribution in [-0.4, -0.2) is 5.91 Å². The number of anilines is 1. The fourth-order valence-corrected chi connectivity index (χ4v) is 4.82. The molecule has 1 aliphatic rings. The van der Waals surface area contributed by atoms with Crippen LogP contribution in [-0.2, 0) is 17.8 Å². The summed E-state index contributed by atoms with van der Waals surface area (Å²) < 4.78 is 0.999. The van der Waals surface area contributed by atoms with Gasteiger partial charge < -0.3 is 4.90 Å². The number of hydrogen-bond donors (Lipinski definition) is 0. The molecule has 0 atom stereocenters. The summed E-state index contributed by atoms with van der Waals surface area (Å²) in [4.78, 5) is 15.2. The smallest absolute Gasteiger partial charge is 0.231 e. The maximum atomic E-state index is 13.3. The molecule has 1 saturated carbocycles. The monoisotopic (exact) mass is 461 g/mol. The minimum atomic E-state index is 0.113. The highest BCUT2D eigenvalue weighted by Crippen LogP contribution is 2.33. The Morgan fingerprint density at radius 3 is 2.23 bits per heavy atom. The molecule has 0 radical (unpaired) electrons. The molecule has 4 rings (SSSR count). The maximum Gasteiger partial charge on any atom is 0.231 e. The van der Waals surface area contributed by atoms with Crippen LogP contribution in [0.1, 0.15) is 54.7 Å². The molecule has 154 valence electrons. The fraction of sp³-hybridized carbons (Fsp3) is 0.296. The van der Waals surface area contributed by atoms with E-state index in [-0.39, 0.29) is 5.91 Å². The molecule has 1 fully saturated rings. The highest BCUT2D eigenvalue weighted by atomic mass is 79.9. The van der Waals surface area contributed by atoms with Crippen LogP contribution >= 0.6 is 15.9 Å². The largest absolute Gasteiger partial charge is 0.308 e. The lowest BCUT2D eigenvalue weighted by Crippen LogP contribution is -2.31. The van der Waals surface area contributed by atoms with Gasteiger partial charge in [-0.3, -0.25) is 4.79 Å². The minimum Gasteiger partial charge on any atom is -0.308 e. The van der Waals surface area contributed by atoms with E-state index in [0.717, 1.165) is 21.3 Å². The van der Waals surface area contributed by atoms with Gasteiger partial charge in [0.05, 0.1) is 13.0 Å². The van der Waals surface area contributed by atoms with Gasteiger partial charge in [-0.15, -0.1) is 0 Å². The second-order valence-corrected chi connectivity index (χ2v) is 9.11. The summed E-state index contributed by atoms with van der Waals surface area (Å²) in [5, 5.41) is 0. The molecule has 0 spiro atoms. The first-order chi connectivity index (χ1) is 14.7. The Bertz CT molecular complexity index is 962. The van der Waals surface area contributed by atoms with E-state index in [9.17, 15) is 4.79 Å². The normalized spacial score (nSPS) is 14.4. The van der Waals surface area contributed by atoms with Gasteiger partial charge in [0.1, 0.15) is 0 Å². The lowest BCUT2D eigenvalue weighted by Gasteiger charge is -2.25. The first kappa shape index (κ1) is 20.9. The molecule has 0 unspecified atom stereocenters. The van der Waals surface area contributed by atoms with Gasteiger partial charge in [0.2, 0.25) is 5.91 Å². The van der Waals surface area contributed by atoms with Crippen LogP contribution in [0.3, 0.4) is 0 Å². The number of carbonyl (C=O) groups excluding carboxylic acids is 1. The van der Waals surface area contributed by atoms with E-state index >= 15 is 0 Å². The molecule has 0 bridgehead atoms. The van der Waals surface area contributed by atoms with Crippen LogP contribution in [0.4, 0.5) is 5.69 Å². The lowest BCUT2D eigenvalue weighted by molar-refractivity contribution is -0.118. The van der Waals surface area contributed by atoms with Crippen molar-refractivity contribution in [1.82, 2.24) is 0 Å². The van der Waals surface area contributed by atoms with E-state index in [1.54, 1.807) is 0 Å². The van der Waals surface area contributed by atoms with Gasteiger partial charge >= 0.3 is 0 Å². The van der Waals surface area contributed by atoms with Crippen LogP contribution < -0.4 is 4.90 Å². The summed E-state index contributed by atoms with van der Waals surface area (Å²) in [6.07, 6.45) is 6.99. The molecule has 3 aromatic rings. The van der Waals surface area contributed by atoms with E-state index in [1.807, 2.05) is 47.4 Å². The number of nitrogens with zero attached hydrogens (tertiary/aromatic N) is 1. The summed E-state index contributed by atoms with van der Waals surface area (Å²) in [5.74, 6) is 0.787. The Morgan fingerprint density at radius 1 is 0.833 bits per heavy atom. The van der Waals surface area contributed by atoms with Crippen LogP contribution in [0.5, 0.6) is 0 Å². The molecule has 3 aromatic carbocycles. The number of benzene rings is 3. The fourth-order valence-electron chi connectivity index (χ4n) is 4.37. The van der Waals surface area contributed by atoms with Crippen molar-refractivity contribution in [2.75, 3.05) is 4.90 Å². The maximum absolute atomic E-state index is 13.3. The third-order valence-electron chi connectivity index (χ3n) is 6.01. The van der Waals surface area contributed by atoms with Gasteiger partial charge in [0.25, 0.3) is 0 Å². The summed E-state index contributed by atoms with van der Waals surface area (Å²) in [7, 11) is 0. The highest BCUT2D eigenvalue weighted by molar-refractivity contribution is 9.10. The van der Waals surface area contributed by atoms with Crippen LogP contribution in [0.2, 0.25) is 0 Å². The third kappa shape index (κ3) is 5.40. The zero-order chi connectivity index (χ0) is 20.8. The van der Waals surface area contributed by atoms with E-state index < -0.39 is 0 Å². The Hall–Kier alpha value is -2.39.